The van der Waals surface area contributed by atoms with Crippen molar-refractivity contribution in [2.24, 2.45) is 0 Å². The van der Waals surface area contributed by atoms with E-state index in [1.54, 1.807) is 0 Å². The summed E-state index contributed by atoms with van der Waals surface area (Å²) in [6.07, 6.45) is 0. The van der Waals surface area contributed by atoms with E-state index in [4.69, 9.17) is 21.4 Å². The van der Waals surface area contributed by atoms with Gasteiger partial charge in [0.15, 0.2) is 5.69 Å². The molecule has 0 unspecified atom stereocenters. The lowest BCUT2D eigenvalue weighted by Crippen LogP contribution is -2.41. The maximum Gasteiger partial charge on any atom is 0.272 e. The third-order valence-corrected chi connectivity index (χ3v) is 6.26. The van der Waals surface area contributed by atoms with Crippen molar-refractivity contribution in [3.63, 3.8) is 0 Å². The standard InChI is InChI=1S/C29H33ClN4O2/c1-20-19-22(7-6-14-33-15-17-36-18-16-33)8-13-25(20)34-27(23-9-11-24(30)12-10-23)21(2)26(32-34)28(35)31-29(3,4)5/h8-13,19H,14-18H2,1-5H3,(H,31,35). The van der Waals surface area contributed by atoms with Crippen LogP contribution in [0.2, 0.25) is 5.02 Å². The van der Waals surface area contributed by atoms with Crippen molar-refractivity contribution in [2.45, 2.75) is 40.2 Å². The molecule has 36 heavy (non-hydrogen) atoms. The van der Waals surface area contributed by atoms with Gasteiger partial charge in [0.2, 0.25) is 0 Å². The predicted octanol–water partition coefficient (Wildman–Crippen LogP) is 5.02. The first-order valence-electron chi connectivity index (χ1n) is 12.2. The molecule has 1 fully saturated rings. The number of morpholine rings is 1. The minimum absolute atomic E-state index is 0.197. The zero-order valence-electron chi connectivity index (χ0n) is 21.6. The lowest BCUT2D eigenvalue weighted by molar-refractivity contribution is 0.0443. The summed E-state index contributed by atoms with van der Waals surface area (Å²) in [6, 6.07) is 13.7. The second-order valence-corrected chi connectivity index (χ2v) is 10.6. The van der Waals surface area contributed by atoms with E-state index in [2.05, 4.69) is 28.1 Å². The third-order valence-electron chi connectivity index (χ3n) is 6.01. The van der Waals surface area contributed by atoms with Gasteiger partial charge in [-0.1, -0.05) is 35.6 Å². The van der Waals surface area contributed by atoms with E-state index >= 15 is 0 Å². The first-order chi connectivity index (χ1) is 17.1. The summed E-state index contributed by atoms with van der Waals surface area (Å²) in [5, 5.41) is 8.49. The molecule has 2 aromatic carbocycles. The molecule has 0 atom stereocenters. The van der Waals surface area contributed by atoms with Crippen molar-refractivity contribution in [1.29, 1.82) is 0 Å². The zero-order chi connectivity index (χ0) is 25.9. The number of carbonyl (C=O) groups is 1. The SMILES string of the molecule is Cc1cc(C#CCN2CCOCC2)ccc1-n1nc(C(=O)NC(C)(C)C)c(C)c1-c1ccc(Cl)cc1. The number of benzene rings is 2. The summed E-state index contributed by atoms with van der Waals surface area (Å²) in [5.74, 6) is 6.37. The van der Waals surface area contributed by atoms with Gasteiger partial charge >= 0.3 is 0 Å². The predicted molar refractivity (Wildman–Crippen MR) is 145 cm³/mol. The molecule has 1 saturated heterocycles. The lowest BCUT2D eigenvalue weighted by atomic mass is 10.0. The van der Waals surface area contributed by atoms with Crippen molar-refractivity contribution in [1.82, 2.24) is 20.0 Å². The maximum absolute atomic E-state index is 13.1. The summed E-state index contributed by atoms with van der Waals surface area (Å²) >= 11 is 6.15. The molecule has 1 aromatic heterocycles. The fourth-order valence-electron chi connectivity index (χ4n) is 4.22. The zero-order valence-corrected chi connectivity index (χ0v) is 22.4. The van der Waals surface area contributed by atoms with Crippen LogP contribution in [0.3, 0.4) is 0 Å². The normalized spacial score (nSPS) is 14.3. The van der Waals surface area contributed by atoms with Gasteiger partial charge in [-0.2, -0.15) is 5.10 Å². The van der Waals surface area contributed by atoms with E-state index in [9.17, 15) is 4.79 Å². The molecule has 1 aliphatic heterocycles. The van der Waals surface area contributed by atoms with Gasteiger partial charge in [0.25, 0.3) is 5.91 Å². The summed E-state index contributed by atoms with van der Waals surface area (Å²) in [7, 11) is 0. The first kappa shape index (κ1) is 26.0. The summed E-state index contributed by atoms with van der Waals surface area (Å²) in [4.78, 5) is 15.4. The van der Waals surface area contributed by atoms with E-state index in [1.165, 1.54) is 0 Å². The molecule has 1 amide bonds. The third kappa shape index (κ3) is 6.17. The van der Waals surface area contributed by atoms with E-state index in [0.717, 1.165) is 66.5 Å². The molecular formula is C29H33ClN4O2. The minimum atomic E-state index is -0.370. The molecule has 1 aliphatic rings. The Bertz CT molecular complexity index is 1300. The number of nitrogens with one attached hydrogen (secondary N) is 1. The molecule has 0 bridgehead atoms. The van der Waals surface area contributed by atoms with Crippen molar-refractivity contribution >= 4 is 17.5 Å². The second-order valence-electron chi connectivity index (χ2n) is 10.1. The van der Waals surface area contributed by atoms with Crippen LogP contribution < -0.4 is 5.32 Å². The van der Waals surface area contributed by atoms with Crippen molar-refractivity contribution in [3.05, 3.63) is 69.9 Å². The van der Waals surface area contributed by atoms with E-state index in [-0.39, 0.29) is 11.4 Å². The number of rotatable bonds is 4. The fourth-order valence-corrected chi connectivity index (χ4v) is 4.34. The highest BCUT2D eigenvalue weighted by molar-refractivity contribution is 6.30. The Kier molecular flexibility index (Phi) is 7.85. The van der Waals surface area contributed by atoms with Gasteiger partial charge in [0, 0.05) is 40.3 Å². The molecule has 1 N–H and O–H groups in total. The molecule has 0 radical (unpaired) electrons. The molecule has 0 spiro atoms. The molecule has 0 aliphatic carbocycles. The number of halogens is 1. The Hall–Kier alpha value is -3.11. The number of ether oxygens (including phenoxy) is 1. The van der Waals surface area contributed by atoms with Gasteiger partial charge in [0.05, 0.1) is 31.1 Å². The quantitative estimate of drug-likeness (QED) is 0.507. The van der Waals surface area contributed by atoms with Crippen LogP contribution in [0.5, 0.6) is 0 Å². The Morgan fingerprint density at radius 3 is 2.44 bits per heavy atom. The number of aryl methyl sites for hydroxylation is 1. The molecular weight excluding hydrogens is 472 g/mol. The Morgan fingerprint density at radius 2 is 1.81 bits per heavy atom. The Morgan fingerprint density at radius 1 is 1.11 bits per heavy atom. The molecule has 6 nitrogen and oxygen atoms in total. The Labute approximate surface area is 218 Å². The highest BCUT2D eigenvalue weighted by Gasteiger charge is 2.25. The van der Waals surface area contributed by atoms with Gasteiger partial charge in [-0.15, -0.1) is 0 Å². The van der Waals surface area contributed by atoms with Crippen LogP contribution in [-0.4, -0.2) is 59.0 Å². The van der Waals surface area contributed by atoms with Gasteiger partial charge in [0.1, 0.15) is 0 Å². The number of amides is 1. The summed E-state index contributed by atoms with van der Waals surface area (Å²) in [6.45, 7) is 14.0. The van der Waals surface area contributed by atoms with Crippen LogP contribution in [0.1, 0.15) is 48.0 Å². The van der Waals surface area contributed by atoms with Gasteiger partial charge in [-0.25, -0.2) is 4.68 Å². The van der Waals surface area contributed by atoms with Crippen LogP contribution in [0.15, 0.2) is 42.5 Å². The minimum Gasteiger partial charge on any atom is -0.379 e. The molecule has 7 heteroatoms. The maximum atomic E-state index is 13.1. The second kappa shape index (κ2) is 10.9. The molecule has 4 rings (SSSR count). The number of nitrogens with zero attached hydrogens (tertiary/aromatic N) is 3. The van der Waals surface area contributed by atoms with E-state index in [0.29, 0.717) is 10.7 Å². The van der Waals surface area contributed by atoms with Crippen molar-refractivity contribution in [2.75, 3.05) is 32.8 Å². The summed E-state index contributed by atoms with van der Waals surface area (Å²) < 4.78 is 7.26. The van der Waals surface area contributed by atoms with Crippen LogP contribution in [0.4, 0.5) is 0 Å². The van der Waals surface area contributed by atoms with Crippen LogP contribution in [-0.2, 0) is 4.74 Å². The topological polar surface area (TPSA) is 59.4 Å². The fraction of sp³-hybridized carbons (Fsp3) is 0.379. The van der Waals surface area contributed by atoms with Gasteiger partial charge in [-0.05, 0) is 70.5 Å². The smallest absolute Gasteiger partial charge is 0.272 e. The number of aromatic nitrogens is 2. The number of carbonyl (C=O) groups excluding carboxylic acids is 1. The van der Waals surface area contributed by atoms with Gasteiger partial charge in [-0.3, -0.25) is 9.69 Å². The highest BCUT2D eigenvalue weighted by atomic mass is 35.5. The monoisotopic (exact) mass is 504 g/mol. The largest absolute Gasteiger partial charge is 0.379 e. The average Bonchev–Trinajstić information content (AvgIpc) is 3.16. The molecule has 2 heterocycles. The summed E-state index contributed by atoms with van der Waals surface area (Å²) in [5.41, 5.74) is 5.52. The molecule has 188 valence electrons. The number of hydrogen-bond donors (Lipinski definition) is 1. The van der Waals surface area contributed by atoms with Crippen molar-refractivity contribution in [3.8, 4) is 28.8 Å². The van der Waals surface area contributed by atoms with Gasteiger partial charge < -0.3 is 10.1 Å². The first-order valence-corrected chi connectivity index (χ1v) is 12.6. The highest BCUT2D eigenvalue weighted by Crippen LogP contribution is 2.31. The number of hydrogen-bond acceptors (Lipinski definition) is 4. The van der Waals surface area contributed by atoms with Crippen LogP contribution in [0, 0.1) is 25.7 Å². The van der Waals surface area contributed by atoms with Crippen LogP contribution >= 0.6 is 11.6 Å². The van der Waals surface area contributed by atoms with Crippen LogP contribution in [0.25, 0.3) is 16.9 Å². The lowest BCUT2D eigenvalue weighted by Gasteiger charge is -2.24. The molecule has 0 saturated carbocycles. The Balaban J connectivity index is 1.70. The van der Waals surface area contributed by atoms with E-state index < -0.39 is 0 Å². The van der Waals surface area contributed by atoms with E-state index in [1.807, 2.05) is 75.7 Å². The average molecular weight is 505 g/mol. The van der Waals surface area contributed by atoms with Crippen molar-refractivity contribution < 1.29 is 9.53 Å². The molecule has 3 aromatic rings.